The van der Waals surface area contributed by atoms with Crippen molar-refractivity contribution in [1.29, 1.82) is 0 Å². The largest absolute Gasteiger partial charge is 0.290 e. The molecule has 102 valence electrons. The standard InChI is InChI=1S/C12H9ClN4O3/c1-7-2-3-8(17(19)20)6-9(7)11(18)16-12-14-5-4-10(13)15-12/h2-6H,1H3,(H,14,15,16,18). The topological polar surface area (TPSA) is 98.0 Å². The number of nitro benzene ring substituents is 1. The summed E-state index contributed by atoms with van der Waals surface area (Å²) in [7, 11) is 0. The van der Waals surface area contributed by atoms with E-state index in [0.29, 0.717) is 5.56 Å². The summed E-state index contributed by atoms with van der Waals surface area (Å²) in [6.45, 7) is 1.68. The Morgan fingerprint density at radius 3 is 2.80 bits per heavy atom. The molecule has 0 radical (unpaired) electrons. The molecule has 0 spiro atoms. The summed E-state index contributed by atoms with van der Waals surface area (Å²) in [5.41, 5.74) is 0.630. The highest BCUT2D eigenvalue weighted by molar-refractivity contribution is 6.29. The van der Waals surface area contributed by atoms with E-state index >= 15 is 0 Å². The van der Waals surface area contributed by atoms with Gasteiger partial charge in [0.05, 0.1) is 4.92 Å². The lowest BCUT2D eigenvalue weighted by atomic mass is 10.1. The number of aromatic nitrogens is 2. The predicted octanol–water partition coefficient (Wildman–Crippen LogP) is 2.60. The number of non-ortho nitro benzene ring substituents is 1. The summed E-state index contributed by atoms with van der Waals surface area (Å²) in [4.78, 5) is 29.9. The Labute approximate surface area is 118 Å². The zero-order valence-corrected chi connectivity index (χ0v) is 11.1. The van der Waals surface area contributed by atoms with Gasteiger partial charge in [0, 0.05) is 23.9 Å². The molecule has 0 saturated carbocycles. The Morgan fingerprint density at radius 2 is 2.15 bits per heavy atom. The molecule has 1 aromatic heterocycles. The van der Waals surface area contributed by atoms with E-state index in [0.717, 1.165) is 0 Å². The quantitative estimate of drug-likeness (QED) is 0.532. The van der Waals surface area contributed by atoms with Crippen LogP contribution in [0.2, 0.25) is 5.15 Å². The molecule has 2 aromatic rings. The van der Waals surface area contributed by atoms with E-state index in [2.05, 4.69) is 15.3 Å². The van der Waals surface area contributed by atoms with Gasteiger partial charge in [0.1, 0.15) is 5.15 Å². The van der Waals surface area contributed by atoms with E-state index in [1.165, 1.54) is 30.5 Å². The minimum atomic E-state index is -0.563. The number of nitrogens with one attached hydrogen (secondary N) is 1. The monoisotopic (exact) mass is 292 g/mol. The normalized spacial score (nSPS) is 10.1. The van der Waals surface area contributed by atoms with E-state index in [-0.39, 0.29) is 22.4 Å². The number of aryl methyl sites for hydroxylation is 1. The van der Waals surface area contributed by atoms with Gasteiger partial charge < -0.3 is 0 Å². The van der Waals surface area contributed by atoms with Crippen molar-refractivity contribution in [2.75, 3.05) is 5.32 Å². The third-order valence-electron chi connectivity index (χ3n) is 2.52. The number of carbonyl (C=O) groups excluding carboxylic acids is 1. The molecule has 1 amide bonds. The van der Waals surface area contributed by atoms with Gasteiger partial charge in [-0.3, -0.25) is 20.2 Å². The summed E-state index contributed by atoms with van der Waals surface area (Å²) >= 11 is 5.68. The van der Waals surface area contributed by atoms with Crippen LogP contribution in [0.15, 0.2) is 30.5 Å². The number of benzene rings is 1. The lowest BCUT2D eigenvalue weighted by molar-refractivity contribution is -0.384. The van der Waals surface area contributed by atoms with E-state index < -0.39 is 10.8 Å². The van der Waals surface area contributed by atoms with Crippen LogP contribution < -0.4 is 5.32 Å². The molecular weight excluding hydrogens is 284 g/mol. The molecule has 0 bridgehead atoms. The first-order valence-corrected chi connectivity index (χ1v) is 5.90. The van der Waals surface area contributed by atoms with Gasteiger partial charge in [0.25, 0.3) is 11.6 Å². The average molecular weight is 293 g/mol. The van der Waals surface area contributed by atoms with Crippen molar-refractivity contribution in [2.24, 2.45) is 0 Å². The maximum Gasteiger partial charge on any atom is 0.270 e. The molecule has 0 fully saturated rings. The maximum atomic E-state index is 12.1. The highest BCUT2D eigenvalue weighted by Gasteiger charge is 2.15. The number of hydrogen-bond acceptors (Lipinski definition) is 5. The van der Waals surface area contributed by atoms with Crippen LogP contribution in [-0.4, -0.2) is 20.8 Å². The van der Waals surface area contributed by atoms with Gasteiger partial charge in [-0.1, -0.05) is 17.7 Å². The third-order valence-corrected chi connectivity index (χ3v) is 2.73. The molecule has 0 aliphatic heterocycles. The first kappa shape index (κ1) is 13.9. The van der Waals surface area contributed by atoms with Gasteiger partial charge in [-0.15, -0.1) is 0 Å². The number of nitrogens with zero attached hydrogens (tertiary/aromatic N) is 3. The molecule has 2 rings (SSSR count). The van der Waals surface area contributed by atoms with Gasteiger partial charge in [-0.25, -0.2) is 9.97 Å². The summed E-state index contributed by atoms with van der Waals surface area (Å²) in [5.74, 6) is -0.498. The molecule has 8 heteroatoms. The van der Waals surface area contributed by atoms with Gasteiger partial charge in [0.15, 0.2) is 0 Å². The second-order valence-electron chi connectivity index (χ2n) is 3.91. The zero-order valence-electron chi connectivity index (χ0n) is 10.3. The molecule has 20 heavy (non-hydrogen) atoms. The van der Waals surface area contributed by atoms with Gasteiger partial charge >= 0.3 is 0 Å². The van der Waals surface area contributed by atoms with Gasteiger partial charge in [-0.2, -0.15) is 0 Å². The Hall–Kier alpha value is -2.54. The second-order valence-corrected chi connectivity index (χ2v) is 4.30. The second kappa shape index (κ2) is 5.62. The highest BCUT2D eigenvalue weighted by Crippen LogP contribution is 2.18. The number of anilines is 1. The van der Waals surface area contributed by atoms with Crippen LogP contribution in [0, 0.1) is 17.0 Å². The van der Waals surface area contributed by atoms with Gasteiger partial charge in [-0.05, 0) is 18.6 Å². The molecule has 0 atom stereocenters. The Bertz CT molecular complexity index is 690. The minimum Gasteiger partial charge on any atom is -0.290 e. The Kier molecular flexibility index (Phi) is 3.90. The number of carbonyl (C=O) groups is 1. The first-order chi connectivity index (χ1) is 9.47. The van der Waals surface area contributed by atoms with Crippen molar-refractivity contribution in [1.82, 2.24) is 9.97 Å². The lowest BCUT2D eigenvalue weighted by Gasteiger charge is -2.06. The van der Waals surface area contributed by atoms with Crippen LogP contribution in [0.25, 0.3) is 0 Å². The number of rotatable bonds is 3. The maximum absolute atomic E-state index is 12.1. The summed E-state index contributed by atoms with van der Waals surface area (Å²) in [6.07, 6.45) is 1.39. The molecule has 1 N–H and O–H groups in total. The molecule has 0 aliphatic rings. The molecular formula is C12H9ClN4O3. The molecule has 1 aromatic carbocycles. The van der Waals surface area contributed by atoms with Crippen molar-refractivity contribution in [3.63, 3.8) is 0 Å². The number of halogens is 1. The average Bonchev–Trinajstić information content (AvgIpc) is 2.38. The van der Waals surface area contributed by atoms with Gasteiger partial charge in [0.2, 0.25) is 5.95 Å². The predicted molar refractivity (Wildman–Crippen MR) is 72.8 cm³/mol. The molecule has 0 saturated heterocycles. The first-order valence-electron chi connectivity index (χ1n) is 5.52. The van der Waals surface area contributed by atoms with Crippen LogP contribution in [0.3, 0.4) is 0 Å². The van der Waals surface area contributed by atoms with Crippen molar-refractivity contribution < 1.29 is 9.72 Å². The molecule has 0 aliphatic carbocycles. The van der Waals surface area contributed by atoms with Crippen molar-refractivity contribution >= 4 is 29.1 Å². The van der Waals surface area contributed by atoms with E-state index in [4.69, 9.17) is 11.6 Å². The van der Waals surface area contributed by atoms with Crippen LogP contribution in [0.4, 0.5) is 11.6 Å². The lowest BCUT2D eigenvalue weighted by Crippen LogP contribution is -2.15. The van der Waals surface area contributed by atoms with E-state index in [1.54, 1.807) is 6.92 Å². The van der Waals surface area contributed by atoms with Crippen LogP contribution in [0.1, 0.15) is 15.9 Å². The Balaban J connectivity index is 2.29. The summed E-state index contributed by atoms with van der Waals surface area (Å²) in [6, 6.07) is 5.51. The molecule has 1 heterocycles. The highest BCUT2D eigenvalue weighted by atomic mass is 35.5. The van der Waals surface area contributed by atoms with Crippen LogP contribution >= 0.6 is 11.6 Å². The van der Waals surface area contributed by atoms with Crippen LogP contribution in [-0.2, 0) is 0 Å². The summed E-state index contributed by atoms with van der Waals surface area (Å²) < 4.78 is 0. The number of amides is 1. The van der Waals surface area contributed by atoms with E-state index in [9.17, 15) is 14.9 Å². The molecule has 7 nitrogen and oxygen atoms in total. The minimum absolute atomic E-state index is 0.0356. The smallest absolute Gasteiger partial charge is 0.270 e. The van der Waals surface area contributed by atoms with Crippen molar-refractivity contribution in [3.05, 3.63) is 56.9 Å². The number of nitro groups is 1. The fourth-order valence-corrected chi connectivity index (χ4v) is 1.67. The van der Waals surface area contributed by atoms with Crippen molar-refractivity contribution in [3.8, 4) is 0 Å². The van der Waals surface area contributed by atoms with Crippen LogP contribution in [0.5, 0.6) is 0 Å². The molecule has 0 unspecified atom stereocenters. The third kappa shape index (κ3) is 3.07. The zero-order chi connectivity index (χ0) is 14.7. The summed E-state index contributed by atoms with van der Waals surface area (Å²) in [5, 5.41) is 13.3. The van der Waals surface area contributed by atoms with Crippen molar-refractivity contribution in [2.45, 2.75) is 6.92 Å². The number of hydrogen-bond donors (Lipinski definition) is 1. The fourth-order valence-electron chi connectivity index (χ4n) is 1.53. The Morgan fingerprint density at radius 1 is 1.40 bits per heavy atom. The van der Waals surface area contributed by atoms with E-state index in [1.807, 2.05) is 0 Å². The SMILES string of the molecule is Cc1ccc([N+](=O)[O-])cc1C(=O)Nc1nccc(Cl)n1. The fraction of sp³-hybridized carbons (Fsp3) is 0.0833.